The zero-order valence-corrected chi connectivity index (χ0v) is 10.9. The largest absolute Gasteiger partial charge is 0.314 e. The molecule has 1 unspecified atom stereocenters. The zero-order chi connectivity index (χ0) is 11.7. The molecule has 0 aromatic rings. The average Bonchev–Trinajstić information content (AvgIpc) is 2.29. The second-order valence-electron chi connectivity index (χ2n) is 5.30. The Kier molecular flexibility index (Phi) is 7.02. The van der Waals surface area contributed by atoms with Crippen LogP contribution in [0.3, 0.4) is 0 Å². The number of rotatable bonds is 8. The summed E-state index contributed by atoms with van der Waals surface area (Å²) in [6.07, 6.45) is 11.5. The van der Waals surface area contributed by atoms with E-state index < -0.39 is 5.67 Å². The minimum absolute atomic E-state index is 0.586. The van der Waals surface area contributed by atoms with E-state index in [1.54, 1.807) is 0 Å². The molecule has 1 atom stereocenters. The summed E-state index contributed by atoms with van der Waals surface area (Å²) in [6.45, 7) is 3.83. The molecule has 1 saturated heterocycles. The fourth-order valence-corrected chi connectivity index (χ4v) is 2.54. The van der Waals surface area contributed by atoms with Crippen LogP contribution in [0.25, 0.3) is 0 Å². The van der Waals surface area contributed by atoms with Gasteiger partial charge < -0.3 is 5.32 Å². The quantitative estimate of drug-likeness (QED) is 0.614. The van der Waals surface area contributed by atoms with E-state index in [1.165, 1.54) is 38.5 Å². The Labute approximate surface area is 100 Å². The monoisotopic (exact) mass is 229 g/mol. The van der Waals surface area contributed by atoms with Gasteiger partial charge in [-0.1, -0.05) is 51.9 Å². The van der Waals surface area contributed by atoms with Crippen molar-refractivity contribution >= 4 is 0 Å². The number of alkyl halides is 1. The molecular weight excluding hydrogens is 201 g/mol. The van der Waals surface area contributed by atoms with E-state index in [9.17, 15) is 4.39 Å². The second-order valence-corrected chi connectivity index (χ2v) is 5.30. The normalized spacial score (nSPS) is 25.9. The van der Waals surface area contributed by atoms with Gasteiger partial charge in [-0.3, -0.25) is 0 Å². The van der Waals surface area contributed by atoms with Gasteiger partial charge in [-0.2, -0.15) is 0 Å². The Balaban J connectivity index is 1.93. The van der Waals surface area contributed by atoms with Crippen molar-refractivity contribution in [2.75, 3.05) is 13.1 Å². The fourth-order valence-electron chi connectivity index (χ4n) is 2.54. The molecule has 1 rings (SSSR count). The summed E-state index contributed by atoms with van der Waals surface area (Å²) in [7, 11) is 0. The molecular formula is C14H28FN. The van der Waals surface area contributed by atoms with Gasteiger partial charge in [-0.05, 0) is 25.8 Å². The van der Waals surface area contributed by atoms with E-state index in [0.29, 0.717) is 6.54 Å². The molecule has 1 fully saturated rings. The highest BCUT2D eigenvalue weighted by Gasteiger charge is 2.30. The van der Waals surface area contributed by atoms with Gasteiger partial charge in [0.15, 0.2) is 0 Å². The Hall–Kier alpha value is -0.110. The van der Waals surface area contributed by atoms with Gasteiger partial charge in [0.05, 0.1) is 0 Å². The third-order valence-electron chi connectivity index (χ3n) is 3.65. The molecule has 1 heterocycles. The summed E-state index contributed by atoms with van der Waals surface area (Å²) in [4.78, 5) is 0. The molecule has 2 heteroatoms. The molecule has 0 amide bonds. The first-order valence-corrected chi connectivity index (χ1v) is 7.16. The Bertz CT molecular complexity index is 164. The molecule has 1 aliphatic rings. The molecule has 0 saturated carbocycles. The van der Waals surface area contributed by atoms with Gasteiger partial charge in [-0.15, -0.1) is 0 Å². The van der Waals surface area contributed by atoms with Crippen molar-refractivity contribution in [3.63, 3.8) is 0 Å². The smallest absolute Gasteiger partial charge is 0.123 e. The fraction of sp³-hybridized carbons (Fsp3) is 1.00. The summed E-state index contributed by atoms with van der Waals surface area (Å²) >= 11 is 0. The SMILES string of the molecule is CCCCCCCCCC1(F)CCCNC1. The standard InChI is InChI=1S/C14H28FN/c1-2-3-4-5-6-7-8-10-14(15)11-9-12-16-13-14/h16H,2-13H2,1H3. The van der Waals surface area contributed by atoms with E-state index in [1.807, 2.05) is 0 Å². The molecule has 0 radical (unpaired) electrons. The summed E-state index contributed by atoms with van der Waals surface area (Å²) in [5.41, 5.74) is -0.887. The van der Waals surface area contributed by atoms with Gasteiger partial charge in [0.1, 0.15) is 5.67 Å². The van der Waals surface area contributed by atoms with Crippen LogP contribution in [0.15, 0.2) is 0 Å². The van der Waals surface area contributed by atoms with Crippen LogP contribution < -0.4 is 5.32 Å². The van der Waals surface area contributed by atoms with Crippen LogP contribution in [-0.4, -0.2) is 18.8 Å². The molecule has 1 aliphatic heterocycles. The first-order valence-electron chi connectivity index (χ1n) is 7.16. The van der Waals surface area contributed by atoms with E-state index in [0.717, 1.165) is 32.2 Å². The van der Waals surface area contributed by atoms with Gasteiger partial charge in [0, 0.05) is 6.54 Å². The zero-order valence-electron chi connectivity index (χ0n) is 10.9. The highest BCUT2D eigenvalue weighted by atomic mass is 19.1. The predicted molar refractivity (Wildman–Crippen MR) is 68.6 cm³/mol. The van der Waals surface area contributed by atoms with Crippen molar-refractivity contribution in [2.45, 2.75) is 76.8 Å². The molecule has 0 bridgehead atoms. The number of unbranched alkanes of at least 4 members (excludes halogenated alkanes) is 6. The highest BCUT2D eigenvalue weighted by molar-refractivity contribution is 4.85. The molecule has 0 aromatic carbocycles. The molecule has 1 N–H and O–H groups in total. The van der Waals surface area contributed by atoms with Crippen LogP contribution in [0.4, 0.5) is 4.39 Å². The maximum Gasteiger partial charge on any atom is 0.123 e. The van der Waals surface area contributed by atoms with Crippen molar-refractivity contribution in [2.24, 2.45) is 0 Å². The highest BCUT2D eigenvalue weighted by Crippen LogP contribution is 2.27. The summed E-state index contributed by atoms with van der Waals surface area (Å²) in [5, 5.41) is 3.17. The Morgan fingerprint density at radius 1 is 1.06 bits per heavy atom. The van der Waals surface area contributed by atoms with Crippen molar-refractivity contribution in [3.8, 4) is 0 Å². The third kappa shape index (κ3) is 5.83. The topological polar surface area (TPSA) is 12.0 Å². The second kappa shape index (κ2) is 8.05. The maximum absolute atomic E-state index is 14.1. The molecule has 16 heavy (non-hydrogen) atoms. The Morgan fingerprint density at radius 3 is 2.38 bits per heavy atom. The maximum atomic E-state index is 14.1. The van der Waals surface area contributed by atoms with Gasteiger partial charge in [0.2, 0.25) is 0 Å². The lowest BCUT2D eigenvalue weighted by Gasteiger charge is -2.30. The lowest BCUT2D eigenvalue weighted by Crippen LogP contribution is -2.42. The van der Waals surface area contributed by atoms with Crippen LogP contribution in [0.1, 0.15) is 71.1 Å². The predicted octanol–water partition coefficient (Wildman–Crippen LogP) is 4.22. The van der Waals surface area contributed by atoms with Crippen LogP contribution in [-0.2, 0) is 0 Å². The number of piperidine rings is 1. The Morgan fingerprint density at radius 2 is 1.75 bits per heavy atom. The van der Waals surface area contributed by atoms with E-state index >= 15 is 0 Å². The molecule has 0 aliphatic carbocycles. The van der Waals surface area contributed by atoms with E-state index in [4.69, 9.17) is 0 Å². The number of halogens is 1. The molecule has 0 spiro atoms. The minimum atomic E-state index is -0.887. The van der Waals surface area contributed by atoms with Crippen molar-refractivity contribution in [1.29, 1.82) is 0 Å². The van der Waals surface area contributed by atoms with Crippen LogP contribution in [0.2, 0.25) is 0 Å². The lowest BCUT2D eigenvalue weighted by atomic mass is 9.90. The summed E-state index contributed by atoms with van der Waals surface area (Å²) < 4.78 is 14.1. The van der Waals surface area contributed by atoms with E-state index in [2.05, 4.69) is 12.2 Å². The number of nitrogens with one attached hydrogen (secondary N) is 1. The van der Waals surface area contributed by atoms with Crippen molar-refractivity contribution in [1.82, 2.24) is 5.32 Å². The molecule has 96 valence electrons. The van der Waals surface area contributed by atoms with Gasteiger partial charge >= 0.3 is 0 Å². The molecule has 0 aromatic heterocycles. The molecule has 1 nitrogen and oxygen atoms in total. The van der Waals surface area contributed by atoms with Gasteiger partial charge in [0.25, 0.3) is 0 Å². The van der Waals surface area contributed by atoms with Crippen LogP contribution in [0.5, 0.6) is 0 Å². The van der Waals surface area contributed by atoms with Crippen molar-refractivity contribution in [3.05, 3.63) is 0 Å². The number of hydrogen-bond donors (Lipinski definition) is 1. The van der Waals surface area contributed by atoms with Gasteiger partial charge in [-0.25, -0.2) is 4.39 Å². The van der Waals surface area contributed by atoms with E-state index in [-0.39, 0.29) is 0 Å². The minimum Gasteiger partial charge on any atom is -0.314 e. The van der Waals surface area contributed by atoms with Crippen LogP contribution in [0, 0.1) is 0 Å². The summed E-state index contributed by atoms with van der Waals surface area (Å²) in [6, 6.07) is 0. The summed E-state index contributed by atoms with van der Waals surface area (Å²) in [5.74, 6) is 0. The lowest BCUT2D eigenvalue weighted by molar-refractivity contribution is 0.107. The number of hydrogen-bond acceptors (Lipinski definition) is 1. The first kappa shape index (κ1) is 14.0. The average molecular weight is 229 g/mol. The first-order chi connectivity index (χ1) is 7.77. The van der Waals surface area contributed by atoms with Crippen LogP contribution >= 0.6 is 0 Å². The van der Waals surface area contributed by atoms with Crippen molar-refractivity contribution < 1.29 is 4.39 Å². The third-order valence-corrected chi connectivity index (χ3v) is 3.65.